The van der Waals surface area contributed by atoms with Crippen LogP contribution in [0, 0.1) is 5.82 Å². The van der Waals surface area contributed by atoms with Gasteiger partial charge in [-0.15, -0.1) is 0 Å². The first-order chi connectivity index (χ1) is 14.7. The fourth-order valence-electron chi connectivity index (χ4n) is 3.50. The lowest BCUT2D eigenvalue weighted by atomic mass is 10.1. The van der Waals surface area contributed by atoms with Gasteiger partial charge in [0, 0.05) is 36.7 Å². The molecule has 1 atom stereocenters. The summed E-state index contributed by atoms with van der Waals surface area (Å²) < 4.78 is 25.2. The van der Waals surface area contributed by atoms with E-state index in [1.807, 2.05) is 12.1 Å². The molecule has 0 radical (unpaired) electrons. The molecular weight excluding hydrogens is 409 g/mol. The molecule has 156 valence electrons. The quantitative estimate of drug-likeness (QED) is 0.551. The van der Waals surface area contributed by atoms with Crippen molar-refractivity contribution in [3.8, 4) is 5.75 Å². The molecule has 0 spiro atoms. The van der Waals surface area contributed by atoms with Crippen LogP contribution in [0.2, 0.25) is 5.02 Å². The summed E-state index contributed by atoms with van der Waals surface area (Å²) >= 11 is 5.91. The highest BCUT2D eigenvalue weighted by molar-refractivity contribution is 6.31. The van der Waals surface area contributed by atoms with Gasteiger partial charge in [-0.2, -0.15) is 0 Å². The van der Waals surface area contributed by atoms with Crippen molar-refractivity contribution in [2.24, 2.45) is 0 Å². The Morgan fingerprint density at radius 2 is 2.10 bits per heavy atom. The van der Waals surface area contributed by atoms with Crippen LogP contribution in [-0.4, -0.2) is 48.4 Å². The van der Waals surface area contributed by atoms with Gasteiger partial charge in [0.25, 0.3) is 0 Å². The van der Waals surface area contributed by atoms with E-state index in [-0.39, 0.29) is 11.1 Å². The van der Waals surface area contributed by atoms with Crippen molar-refractivity contribution in [3.63, 3.8) is 0 Å². The number of aromatic nitrogens is 2. The summed E-state index contributed by atoms with van der Waals surface area (Å²) in [5, 5.41) is 10.9. The Morgan fingerprint density at radius 3 is 2.83 bits per heavy atom. The first kappa shape index (κ1) is 19.3. The first-order valence-corrected chi connectivity index (χ1v) is 10.3. The second-order valence-corrected chi connectivity index (χ2v) is 7.85. The van der Waals surface area contributed by atoms with Crippen LogP contribution in [0.1, 0.15) is 6.42 Å². The van der Waals surface area contributed by atoms with Crippen LogP contribution in [0.3, 0.4) is 0 Å². The van der Waals surface area contributed by atoms with Crippen molar-refractivity contribution < 1.29 is 13.9 Å². The number of rotatable bonds is 6. The van der Waals surface area contributed by atoms with E-state index in [4.69, 9.17) is 21.1 Å². The van der Waals surface area contributed by atoms with E-state index in [1.54, 1.807) is 6.07 Å². The summed E-state index contributed by atoms with van der Waals surface area (Å²) in [6.45, 7) is 3.09. The average Bonchev–Trinajstić information content (AvgIpc) is 3.21. The molecule has 2 aliphatic heterocycles. The molecule has 5 rings (SSSR count). The maximum atomic E-state index is 13.5. The molecule has 3 aromatic rings. The Hall–Kier alpha value is -2.68. The normalized spacial score (nSPS) is 18.9. The molecule has 3 heterocycles. The number of nitrogens with one attached hydrogen (secondary N) is 3. The smallest absolute Gasteiger partial charge is 0.145 e. The number of benzene rings is 2. The molecule has 0 saturated carbocycles. The van der Waals surface area contributed by atoms with Crippen molar-refractivity contribution >= 4 is 39.7 Å². The van der Waals surface area contributed by atoms with E-state index >= 15 is 0 Å². The standard InChI is InChI=1S/C21H21ClFN5O2/c22-16-5-12(1-2-17(16)23)28-21-15-6-19(27-13-8-24-9-13)20(7-18(15)25-11-26-21)30-14-3-4-29-10-14/h1-2,5-7,11,13-14,24,27H,3-4,8-10H2,(H,25,26,28)/t14-/m0/s1. The molecule has 30 heavy (non-hydrogen) atoms. The molecule has 0 bridgehead atoms. The van der Waals surface area contributed by atoms with E-state index in [2.05, 4.69) is 25.9 Å². The highest BCUT2D eigenvalue weighted by Gasteiger charge is 2.23. The second-order valence-electron chi connectivity index (χ2n) is 7.44. The van der Waals surface area contributed by atoms with Crippen LogP contribution < -0.4 is 20.7 Å². The third kappa shape index (κ3) is 3.98. The second kappa shape index (κ2) is 8.22. The van der Waals surface area contributed by atoms with Crippen molar-refractivity contribution in [3.05, 3.63) is 47.5 Å². The molecule has 2 aromatic carbocycles. The third-order valence-electron chi connectivity index (χ3n) is 5.24. The Morgan fingerprint density at radius 1 is 1.20 bits per heavy atom. The minimum atomic E-state index is -0.465. The summed E-state index contributed by atoms with van der Waals surface area (Å²) in [6, 6.07) is 8.72. The van der Waals surface area contributed by atoms with Crippen molar-refractivity contribution in [2.45, 2.75) is 18.6 Å². The van der Waals surface area contributed by atoms with Crippen LogP contribution in [-0.2, 0) is 4.74 Å². The molecule has 0 amide bonds. The lowest BCUT2D eigenvalue weighted by molar-refractivity contribution is 0.142. The van der Waals surface area contributed by atoms with Crippen LogP contribution in [0.4, 0.5) is 21.6 Å². The molecule has 1 aromatic heterocycles. The summed E-state index contributed by atoms with van der Waals surface area (Å²) in [5.41, 5.74) is 2.27. The highest BCUT2D eigenvalue weighted by Crippen LogP contribution is 2.35. The van der Waals surface area contributed by atoms with Crippen molar-refractivity contribution in [1.29, 1.82) is 0 Å². The number of fused-ring (bicyclic) bond motifs is 1. The fourth-order valence-corrected chi connectivity index (χ4v) is 3.68. The molecular formula is C21H21ClFN5O2. The number of ether oxygens (including phenoxy) is 2. The van der Waals surface area contributed by atoms with Crippen LogP contribution in [0.25, 0.3) is 10.9 Å². The summed E-state index contributed by atoms with van der Waals surface area (Å²) in [4.78, 5) is 8.80. The van der Waals surface area contributed by atoms with Gasteiger partial charge in [0.15, 0.2) is 0 Å². The number of halogens is 2. The Balaban J connectivity index is 1.51. The maximum Gasteiger partial charge on any atom is 0.145 e. The predicted octanol–water partition coefficient (Wildman–Crippen LogP) is 3.72. The van der Waals surface area contributed by atoms with Crippen LogP contribution in [0.5, 0.6) is 5.75 Å². The third-order valence-corrected chi connectivity index (χ3v) is 5.53. The zero-order valence-electron chi connectivity index (χ0n) is 16.1. The molecule has 2 fully saturated rings. The zero-order valence-corrected chi connectivity index (χ0v) is 16.9. The largest absolute Gasteiger partial charge is 0.486 e. The molecule has 2 saturated heterocycles. The first-order valence-electron chi connectivity index (χ1n) is 9.88. The molecule has 7 nitrogen and oxygen atoms in total. The highest BCUT2D eigenvalue weighted by atomic mass is 35.5. The van der Waals surface area contributed by atoms with E-state index in [9.17, 15) is 4.39 Å². The fraction of sp³-hybridized carbons (Fsp3) is 0.333. The van der Waals surface area contributed by atoms with Gasteiger partial charge in [-0.1, -0.05) is 11.6 Å². The van der Waals surface area contributed by atoms with Crippen molar-refractivity contribution in [2.75, 3.05) is 36.9 Å². The van der Waals surface area contributed by atoms with Gasteiger partial charge in [0.2, 0.25) is 0 Å². The van der Waals surface area contributed by atoms with E-state index in [0.717, 1.165) is 41.9 Å². The molecule has 0 unspecified atom stereocenters. The van der Waals surface area contributed by atoms with Gasteiger partial charge in [0.1, 0.15) is 29.8 Å². The van der Waals surface area contributed by atoms with Gasteiger partial charge in [-0.3, -0.25) is 0 Å². The van der Waals surface area contributed by atoms with Crippen molar-refractivity contribution in [1.82, 2.24) is 15.3 Å². The monoisotopic (exact) mass is 429 g/mol. The lowest BCUT2D eigenvalue weighted by Crippen LogP contribution is -2.51. The summed E-state index contributed by atoms with van der Waals surface area (Å²) in [6.07, 6.45) is 2.38. The number of anilines is 3. The Kier molecular flexibility index (Phi) is 5.28. The summed E-state index contributed by atoms with van der Waals surface area (Å²) in [7, 11) is 0. The number of nitrogens with zero attached hydrogens (tertiary/aromatic N) is 2. The maximum absolute atomic E-state index is 13.5. The lowest BCUT2D eigenvalue weighted by Gasteiger charge is -2.30. The SMILES string of the molecule is Fc1ccc(Nc2ncnc3cc(O[C@H]4CCOC4)c(NC4CNC4)cc23)cc1Cl. The predicted molar refractivity (Wildman–Crippen MR) is 114 cm³/mol. The summed E-state index contributed by atoms with van der Waals surface area (Å²) in [5.74, 6) is 0.889. The minimum Gasteiger partial charge on any atom is -0.486 e. The van der Waals surface area contributed by atoms with E-state index in [0.29, 0.717) is 30.8 Å². The zero-order chi connectivity index (χ0) is 20.5. The molecule has 3 N–H and O–H groups in total. The number of hydrogen-bond acceptors (Lipinski definition) is 7. The van der Waals surface area contributed by atoms with Gasteiger partial charge in [-0.05, 0) is 24.3 Å². The van der Waals surface area contributed by atoms with Crippen LogP contribution >= 0.6 is 11.6 Å². The van der Waals surface area contributed by atoms with E-state index in [1.165, 1.54) is 18.5 Å². The van der Waals surface area contributed by atoms with Gasteiger partial charge < -0.3 is 25.4 Å². The van der Waals surface area contributed by atoms with Gasteiger partial charge >= 0.3 is 0 Å². The van der Waals surface area contributed by atoms with Gasteiger partial charge in [0.05, 0.1) is 35.5 Å². The number of hydrogen-bond donors (Lipinski definition) is 3. The molecule has 0 aliphatic carbocycles. The Bertz CT molecular complexity index is 1070. The van der Waals surface area contributed by atoms with Gasteiger partial charge in [-0.25, -0.2) is 14.4 Å². The molecule has 2 aliphatic rings. The van der Waals surface area contributed by atoms with Crippen LogP contribution in [0.15, 0.2) is 36.7 Å². The topological polar surface area (TPSA) is 80.3 Å². The Labute approximate surface area is 177 Å². The van der Waals surface area contributed by atoms with E-state index < -0.39 is 5.82 Å². The average molecular weight is 430 g/mol. The molecule has 9 heteroatoms. The minimum absolute atomic E-state index is 0.0308.